The second-order valence-corrected chi connectivity index (χ2v) is 3.03. The van der Waals surface area contributed by atoms with E-state index in [0.717, 1.165) is 6.42 Å². The molecule has 1 unspecified atom stereocenters. The average Bonchev–Trinajstić information content (AvgIpc) is 1.64. The van der Waals surface area contributed by atoms with Gasteiger partial charge in [-0.2, -0.15) is 0 Å². The van der Waals surface area contributed by atoms with Gasteiger partial charge in [-0.25, -0.2) is 0 Å². The van der Waals surface area contributed by atoms with E-state index >= 15 is 0 Å². The van der Waals surface area contributed by atoms with Crippen LogP contribution in [0.4, 0.5) is 0 Å². The zero-order valence-corrected chi connectivity index (χ0v) is 5.57. The fourth-order valence-corrected chi connectivity index (χ4v) is 1.47. The minimum absolute atomic E-state index is 0.813. The van der Waals surface area contributed by atoms with E-state index in [9.17, 15) is 4.55 Å². The van der Waals surface area contributed by atoms with Crippen LogP contribution in [-0.2, 0) is 11.2 Å². The summed E-state index contributed by atoms with van der Waals surface area (Å²) in [5, 5.41) is 3.49. The van der Waals surface area contributed by atoms with Crippen LogP contribution < -0.4 is 0 Å². The van der Waals surface area contributed by atoms with E-state index in [1.807, 2.05) is 13.0 Å². The molecule has 0 spiro atoms. The molecule has 1 rings (SSSR count). The number of allylic oxidation sites excluding steroid dienone is 2. The summed E-state index contributed by atoms with van der Waals surface area (Å²) < 4.78 is 10.6. The molecule has 0 saturated carbocycles. The zero-order chi connectivity index (χ0) is 5.98. The second kappa shape index (κ2) is 2.37. The van der Waals surface area contributed by atoms with E-state index in [1.54, 1.807) is 10.8 Å². The largest absolute Gasteiger partial charge is 0.607 e. The van der Waals surface area contributed by atoms with Gasteiger partial charge in [0.2, 0.25) is 0 Å². The van der Waals surface area contributed by atoms with Gasteiger partial charge in [-0.15, -0.1) is 0 Å². The average molecular weight is 128 g/mol. The highest BCUT2D eigenvalue weighted by Gasteiger charge is 2.02. The zero-order valence-electron chi connectivity index (χ0n) is 4.76. The van der Waals surface area contributed by atoms with Gasteiger partial charge < -0.3 is 4.55 Å². The first kappa shape index (κ1) is 5.92. The van der Waals surface area contributed by atoms with Crippen LogP contribution in [0.25, 0.3) is 0 Å². The fourth-order valence-electron chi connectivity index (χ4n) is 0.615. The Labute approximate surface area is 52.3 Å². The first-order chi connectivity index (χ1) is 3.79. The lowest BCUT2D eigenvalue weighted by atomic mass is 10.2. The molecule has 8 heavy (non-hydrogen) atoms. The lowest BCUT2D eigenvalue weighted by Crippen LogP contribution is -1.94. The highest BCUT2D eigenvalue weighted by molar-refractivity contribution is 7.97. The van der Waals surface area contributed by atoms with Crippen molar-refractivity contribution in [3.8, 4) is 0 Å². The SMILES string of the molecule is CC1=C[S+]([O-])C=CC1. The molecule has 0 aromatic rings. The van der Waals surface area contributed by atoms with Crippen molar-refractivity contribution in [3.05, 3.63) is 22.5 Å². The number of rotatable bonds is 0. The molecule has 0 aromatic heterocycles. The Balaban J connectivity index is 2.60. The third kappa shape index (κ3) is 1.39. The summed E-state index contributed by atoms with van der Waals surface area (Å²) in [6.07, 6.45) is 2.90. The van der Waals surface area contributed by atoms with Crippen molar-refractivity contribution in [1.29, 1.82) is 0 Å². The van der Waals surface area contributed by atoms with E-state index in [1.165, 1.54) is 5.57 Å². The first-order valence-corrected chi connectivity index (χ1v) is 3.80. The monoisotopic (exact) mass is 128 g/mol. The molecule has 1 heterocycles. The molecular weight excluding hydrogens is 120 g/mol. The van der Waals surface area contributed by atoms with Crippen LogP contribution in [0.3, 0.4) is 0 Å². The molecular formula is C6H8OS. The van der Waals surface area contributed by atoms with Gasteiger partial charge in [0, 0.05) is 11.2 Å². The van der Waals surface area contributed by atoms with E-state index in [4.69, 9.17) is 0 Å². The molecule has 0 fully saturated rings. The fraction of sp³-hybridized carbons (Fsp3) is 0.333. The summed E-state index contributed by atoms with van der Waals surface area (Å²) in [5.41, 5.74) is 1.20. The van der Waals surface area contributed by atoms with Gasteiger partial charge in [0.25, 0.3) is 0 Å². The molecule has 0 aromatic carbocycles. The van der Waals surface area contributed by atoms with E-state index in [-0.39, 0.29) is 0 Å². The predicted molar refractivity (Wildman–Crippen MR) is 35.7 cm³/mol. The third-order valence-corrected chi connectivity index (χ3v) is 2.08. The standard InChI is InChI=1S/C6H8OS/c1-6-3-2-4-8(7)5-6/h2,4-5H,3H2,1H3. The van der Waals surface area contributed by atoms with Gasteiger partial charge in [-0.05, 0) is 25.0 Å². The molecule has 1 atom stereocenters. The predicted octanol–water partition coefficient (Wildman–Crippen LogP) is 1.56. The van der Waals surface area contributed by atoms with Crippen LogP contribution in [0.15, 0.2) is 22.5 Å². The second-order valence-electron chi connectivity index (χ2n) is 1.87. The van der Waals surface area contributed by atoms with Crippen molar-refractivity contribution in [3.63, 3.8) is 0 Å². The van der Waals surface area contributed by atoms with Crippen molar-refractivity contribution in [2.24, 2.45) is 0 Å². The van der Waals surface area contributed by atoms with Crippen molar-refractivity contribution >= 4 is 11.2 Å². The summed E-state index contributed by atoms with van der Waals surface area (Å²) in [6.45, 7) is 1.99. The molecule has 1 nitrogen and oxygen atoms in total. The Morgan fingerprint density at radius 1 is 1.75 bits per heavy atom. The molecule has 0 bridgehead atoms. The quantitative estimate of drug-likeness (QED) is 0.454. The minimum atomic E-state index is -0.813. The maximum atomic E-state index is 10.6. The molecule has 0 radical (unpaired) electrons. The van der Waals surface area contributed by atoms with Crippen LogP contribution in [-0.4, -0.2) is 4.55 Å². The van der Waals surface area contributed by atoms with Gasteiger partial charge >= 0.3 is 0 Å². The van der Waals surface area contributed by atoms with Crippen LogP contribution in [0.5, 0.6) is 0 Å². The Morgan fingerprint density at radius 3 is 2.88 bits per heavy atom. The number of hydrogen-bond acceptors (Lipinski definition) is 1. The topological polar surface area (TPSA) is 23.1 Å². The smallest absolute Gasteiger partial charge is 0.121 e. The highest BCUT2D eigenvalue weighted by Crippen LogP contribution is 2.11. The molecule has 1 aliphatic rings. The van der Waals surface area contributed by atoms with Crippen LogP contribution in [0.1, 0.15) is 13.3 Å². The van der Waals surface area contributed by atoms with Gasteiger partial charge in [-0.1, -0.05) is 0 Å². The normalized spacial score (nSPS) is 27.8. The minimum Gasteiger partial charge on any atom is -0.607 e. The molecule has 0 saturated heterocycles. The van der Waals surface area contributed by atoms with Gasteiger partial charge in [-0.3, -0.25) is 0 Å². The van der Waals surface area contributed by atoms with Crippen LogP contribution >= 0.6 is 0 Å². The molecule has 2 heteroatoms. The van der Waals surface area contributed by atoms with Crippen molar-refractivity contribution < 1.29 is 4.55 Å². The molecule has 44 valence electrons. The lowest BCUT2D eigenvalue weighted by Gasteiger charge is -2.04. The molecule has 0 N–H and O–H groups in total. The Kier molecular flexibility index (Phi) is 1.76. The van der Waals surface area contributed by atoms with Gasteiger partial charge in [0.15, 0.2) is 0 Å². The maximum Gasteiger partial charge on any atom is 0.121 e. The molecule has 0 aliphatic carbocycles. The van der Waals surface area contributed by atoms with Crippen molar-refractivity contribution in [1.82, 2.24) is 0 Å². The summed E-state index contributed by atoms with van der Waals surface area (Å²) >= 11 is -0.813. The van der Waals surface area contributed by atoms with E-state index in [0.29, 0.717) is 0 Å². The summed E-state index contributed by atoms with van der Waals surface area (Å²) in [5.74, 6) is 0. The van der Waals surface area contributed by atoms with Crippen molar-refractivity contribution in [2.45, 2.75) is 13.3 Å². The Hall–Kier alpha value is -0.210. The maximum absolute atomic E-state index is 10.6. The molecule has 1 aliphatic heterocycles. The summed E-state index contributed by atoms with van der Waals surface area (Å²) in [6, 6.07) is 0. The van der Waals surface area contributed by atoms with E-state index in [2.05, 4.69) is 0 Å². The highest BCUT2D eigenvalue weighted by atomic mass is 32.2. The summed E-state index contributed by atoms with van der Waals surface area (Å²) in [4.78, 5) is 0. The van der Waals surface area contributed by atoms with Gasteiger partial charge in [0.05, 0.1) is 0 Å². The Bertz CT molecular complexity index is 137. The number of hydrogen-bond donors (Lipinski definition) is 0. The molecule has 0 amide bonds. The van der Waals surface area contributed by atoms with Crippen LogP contribution in [0.2, 0.25) is 0 Å². The van der Waals surface area contributed by atoms with E-state index < -0.39 is 11.2 Å². The van der Waals surface area contributed by atoms with Gasteiger partial charge in [0.1, 0.15) is 10.8 Å². The third-order valence-electron chi connectivity index (χ3n) is 0.988. The lowest BCUT2D eigenvalue weighted by molar-refractivity contribution is 0.610. The first-order valence-electron chi connectivity index (χ1n) is 2.52. The van der Waals surface area contributed by atoms with Crippen LogP contribution in [0, 0.1) is 0 Å². The van der Waals surface area contributed by atoms with Crippen molar-refractivity contribution in [2.75, 3.05) is 0 Å². The Morgan fingerprint density at radius 2 is 2.50 bits per heavy atom. The summed E-state index contributed by atoms with van der Waals surface area (Å²) in [7, 11) is 0.